The SMILES string of the molecule is CC(C)(C)c1ccnc(-n2c3[c-]c(Oc4[c-]c(-n5[c-][n+](-c6c(-c7ccccc7)cccc6-c6ccccc6)c6c5-c5ccccc5-c5ccccc5-c5ccccc5-6)ccc4)ccc3c3ccccc32)c1.[Pt]. The molecule has 0 unspecified atom stereocenters. The third-order valence-electron chi connectivity index (χ3n) is 13.8. The maximum Gasteiger partial charge on any atom is 0.268 e. The Kier molecular flexibility index (Phi) is 11.3. The topological polar surface area (TPSA) is 35.9 Å². The van der Waals surface area contributed by atoms with Gasteiger partial charge in [-0.15, -0.1) is 29.7 Å². The molecule has 0 aliphatic heterocycles. The van der Waals surface area contributed by atoms with Gasteiger partial charge >= 0.3 is 0 Å². The number of ether oxygens (including phenoxy) is 1. The molecule has 5 nitrogen and oxygen atoms in total. The van der Waals surface area contributed by atoms with Crippen LogP contribution in [0.25, 0.3) is 106 Å². The molecular formula is C66H46N4OPt-2. The molecule has 0 N–H and O–H groups in total. The summed E-state index contributed by atoms with van der Waals surface area (Å²) in [4.78, 5) is 4.90. The molecule has 0 amide bonds. The van der Waals surface area contributed by atoms with E-state index in [4.69, 9.17) is 9.72 Å². The van der Waals surface area contributed by atoms with Crippen LogP contribution < -0.4 is 9.30 Å². The Balaban J connectivity index is 0.00000530. The van der Waals surface area contributed by atoms with Crippen molar-refractivity contribution in [1.29, 1.82) is 0 Å². The average Bonchev–Trinajstić information content (AvgIpc) is 3.97. The van der Waals surface area contributed by atoms with Crippen molar-refractivity contribution in [3.05, 3.63) is 249 Å². The maximum atomic E-state index is 6.84. The number of para-hydroxylation sites is 2. The second kappa shape index (κ2) is 18.1. The van der Waals surface area contributed by atoms with Gasteiger partial charge in [-0.25, -0.2) is 4.98 Å². The van der Waals surface area contributed by atoms with Crippen molar-refractivity contribution in [3.63, 3.8) is 0 Å². The molecule has 0 atom stereocenters. The molecule has 0 spiro atoms. The van der Waals surface area contributed by atoms with Gasteiger partial charge in [0.05, 0.1) is 17.1 Å². The number of hydrogen-bond donors (Lipinski definition) is 0. The fourth-order valence-electron chi connectivity index (χ4n) is 10.5. The predicted octanol–water partition coefficient (Wildman–Crippen LogP) is 16.0. The predicted molar refractivity (Wildman–Crippen MR) is 287 cm³/mol. The van der Waals surface area contributed by atoms with E-state index in [1.165, 1.54) is 16.7 Å². The third kappa shape index (κ3) is 7.60. The molecule has 12 aromatic rings. The quantitative estimate of drug-likeness (QED) is 0.118. The summed E-state index contributed by atoms with van der Waals surface area (Å²) in [6.45, 7) is 6.69. The van der Waals surface area contributed by atoms with Crippen LogP contribution in [0.1, 0.15) is 26.3 Å². The number of nitrogens with zero attached hydrogens (tertiary/aromatic N) is 4. The summed E-state index contributed by atoms with van der Waals surface area (Å²) < 4.78 is 13.5. The minimum atomic E-state index is -0.0469. The Morgan fingerprint density at radius 3 is 1.69 bits per heavy atom. The van der Waals surface area contributed by atoms with Gasteiger partial charge in [-0.1, -0.05) is 196 Å². The van der Waals surface area contributed by atoms with E-state index in [0.717, 1.165) is 94.9 Å². The van der Waals surface area contributed by atoms with Gasteiger partial charge in [0.15, 0.2) is 0 Å². The third-order valence-corrected chi connectivity index (χ3v) is 13.8. The molecule has 6 heteroatoms. The van der Waals surface area contributed by atoms with E-state index in [0.29, 0.717) is 11.5 Å². The van der Waals surface area contributed by atoms with Gasteiger partial charge in [-0.05, 0) is 95.9 Å². The van der Waals surface area contributed by atoms with E-state index in [9.17, 15) is 0 Å². The van der Waals surface area contributed by atoms with Crippen LogP contribution in [0.4, 0.5) is 0 Å². The Hall–Kier alpha value is -8.37. The molecule has 9 aromatic carbocycles. The van der Waals surface area contributed by atoms with E-state index >= 15 is 0 Å². The average molecular weight is 1110 g/mol. The van der Waals surface area contributed by atoms with Crippen molar-refractivity contribution >= 4 is 21.8 Å². The molecule has 1 aliphatic rings. The van der Waals surface area contributed by atoms with E-state index in [1.807, 2.05) is 24.4 Å². The molecule has 0 radical (unpaired) electrons. The molecule has 348 valence electrons. The van der Waals surface area contributed by atoms with Crippen LogP contribution in [0.15, 0.2) is 225 Å². The molecule has 0 saturated heterocycles. The summed E-state index contributed by atoms with van der Waals surface area (Å²) in [6.07, 6.45) is 5.91. The van der Waals surface area contributed by atoms with Crippen molar-refractivity contribution in [3.8, 4) is 95.7 Å². The van der Waals surface area contributed by atoms with Gasteiger partial charge in [0.2, 0.25) is 0 Å². The first-order chi connectivity index (χ1) is 34.9. The van der Waals surface area contributed by atoms with E-state index < -0.39 is 0 Å². The van der Waals surface area contributed by atoms with Crippen LogP contribution in [-0.4, -0.2) is 14.1 Å². The van der Waals surface area contributed by atoms with Crippen molar-refractivity contribution in [2.45, 2.75) is 26.2 Å². The van der Waals surface area contributed by atoms with Gasteiger partial charge in [-0.3, -0.25) is 4.57 Å². The second-order valence-electron chi connectivity index (χ2n) is 19.1. The van der Waals surface area contributed by atoms with Crippen LogP contribution in [0.5, 0.6) is 11.5 Å². The minimum Gasteiger partial charge on any atom is -0.510 e. The zero-order chi connectivity index (χ0) is 47.6. The van der Waals surface area contributed by atoms with Crippen molar-refractivity contribution in [1.82, 2.24) is 14.1 Å². The molecule has 0 bridgehead atoms. The molecule has 3 heterocycles. The van der Waals surface area contributed by atoms with E-state index in [-0.39, 0.29) is 26.5 Å². The van der Waals surface area contributed by atoms with Gasteiger partial charge in [0.1, 0.15) is 5.82 Å². The monoisotopic (exact) mass is 1110 g/mol. The largest absolute Gasteiger partial charge is 0.510 e. The molecule has 3 aromatic heterocycles. The Bertz CT molecular complexity index is 3960. The van der Waals surface area contributed by atoms with Crippen molar-refractivity contribution in [2.24, 2.45) is 0 Å². The van der Waals surface area contributed by atoms with Crippen LogP contribution in [0.2, 0.25) is 0 Å². The Labute approximate surface area is 434 Å². The number of imidazole rings is 1. The first-order valence-corrected chi connectivity index (χ1v) is 24.1. The standard InChI is InChI=1S/C66H46N4O.Pt/c1-66(2,3)46-38-39-67-62(40-46)70-60-35-17-16-30-56(60)57-37-36-49(42-61(57)70)71-48-25-18-24-47(41-48)68-43-69(63-50(44-20-6-4-7-21-44)33-19-34-51(63)45-22-8-5-9-23-45)65-59-32-15-13-29-55(59)53-27-11-10-26-52(53)54-28-12-14-31-58(54)64(65)68;/h4-40H,1-3H3;/q-2;. The second-order valence-corrected chi connectivity index (χ2v) is 19.1. The molecule has 72 heavy (non-hydrogen) atoms. The zero-order valence-electron chi connectivity index (χ0n) is 39.9. The molecule has 0 fully saturated rings. The maximum absolute atomic E-state index is 6.84. The van der Waals surface area contributed by atoms with Gasteiger partial charge in [-0.2, -0.15) is 18.2 Å². The van der Waals surface area contributed by atoms with Gasteiger partial charge in [0, 0.05) is 44.3 Å². The fraction of sp³-hybridized carbons (Fsp3) is 0.0606. The van der Waals surface area contributed by atoms with Gasteiger partial charge < -0.3 is 13.9 Å². The molecular weight excluding hydrogens is 1060 g/mol. The Morgan fingerprint density at radius 2 is 1.03 bits per heavy atom. The minimum absolute atomic E-state index is 0. The number of fused-ring (bicyclic) bond motifs is 11. The van der Waals surface area contributed by atoms with Crippen molar-refractivity contribution in [2.75, 3.05) is 0 Å². The molecule has 1 aliphatic carbocycles. The summed E-state index contributed by atoms with van der Waals surface area (Å²) in [6, 6.07) is 84.6. The van der Waals surface area contributed by atoms with E-state index in [1.54, 1.807) is 0 Å². The zero-order valence-corrected chi connectivity index (χ0v) is 42.1. The normalized spacial score (nSPS) is 11.7. The van der Waals surface area contributed by atoms with Crippen LogP contribution in [0.3, 0.4) is 0 Å². The number of benzene rings is 9. The number of aromatic nitrogens is 4. The summed E-state index contributed by atoms with van der Waals surface area (Å²) in [5.41, 5.74) is 18.1. The first-order valence-electron chi connectivity index (χ1n) is 24.1. The summed E-state index contributed by atoms with van der Waals surface area (Å²) in [5, 5.41) is 2.20. The first kappa shape index (κ1) is 44.8. The fourth-order valence-corrected chi connectivity index (χ4v) is 10.5. The Morgan fingerprint density at radius 1 is 0.486 bits per heavy atom. The van der Waals surface area contributed by atoms with Crippen LogP contribution in [-0.2, 0) is 26.5 Å². The van der Waals surface area contributed by atoms with Crippen LogP contribution >= 0.6 is 0 Å². The smallest absolute Gasteiger partial charge is 0.268 e. The summed E-state index contributed by atoms with van der Waals surface area (Å²) in [7, 11) is 0. The van der Waals surface area contributed by atoms with E-state index in [2.05, 4.69) is 253 Å². The summed E-state index contributed by atoms with van der Waals surface area (Å²) in [5.74, 6) is 1.96. The number of rotatable bonds is 7. The van der Waals surface area contributed by atoms with Crippen molar-refractivity contribution < 1.29 is 30.4 Å². The number of pyridine rings is 1. The summed E-state index contributed by atoms with van der Waals surface area (Å²) >= 11 is 0. The molecule has 0 saturated carbocycles. The number of hydrogen-bond acceptors (Lipinski definition) is 2. The van der Waals surface area contributed by atoms with Crippen LogP contribution in [0, 0.1) is 18.5 Å². The molecule has 13 rings (SSSR count). The van der Waals surface area contributed by atoms with Gasteiger partial charge in [0.25, 0.3) is 6.33 Å².